The molecule has 0 saturated heterocycles. The SMILES string of the molecule is CCCCc1ccc2cccc3c2c1C(N=C=O)=CC3(CCCC)N=C=O. The average molecular weight is 360 g/mol. The maximum absolute atomic E-state index is 11.3. The predicted molar refractivity (Wildman–Crippen MR) is 108 cm³/mol. The molecule has 0 aliphatic heterocycles. The van der Waals surface area contributed by atoms with Crippen molar-refractivity contribution in [3.05, 3.63) is 53.1 Å². The van der Waals surface area contributed by atoms with Gasteiger partial charge in [-0.3, -0.25) is 0 Å². The first-order chi connectivity index (χ1) is 13.2. The Balaban J connectivity index is 2.38. The van der Waals surface area contributed by atoms with E-state index in [9.17, 15) is 9.59 Å². The van der Waals surface area contributed by atoms with Gasteiger partial charge in [0.25, 0.3) is 0 Å². The average Bonchev–Trinajstić information content (AvgIpc) is 2.69. The van der Waals surface area contributed by atoms with Crippen LogP contribution in [0.1, 0.15) is 62.6 Å². The fourth-order valence-electron chi connectivity index (χ4n) is 4.05. The van der Waals surface area contributed by atoms with E-state index in [1.54, 1.807) is 12.2 Å². The molecule has 0 heterocycles. The van der Waals surface area contributed by atoms with Crippen molar-refractivity contribution in [2.24, 2.45) is 9.98 Å². The molecule has 2 aromatic carbocycles. The smallest absolute Gasteiger partial charge is 0.211 e. The molecule has 0 saturated carbocycles. The number of nitrogens with zero attached hydrogens (tertiary/aromatic N) is 2. The molecule has 27 heavy (non-hydrogen) atoms. The highest BCUT2D eigenvalue weighted by atomic mass is 16.1. The van der Waals surface area contributed by atoms with Gasteiger partial charge >= 0.3 is 0 Å². The van der Waals surface area contributed by atoms with E-state index in [1.165, 1.54) is 5.56 Å². The quantitative estimate of drug-likeness (QED) is 0.455. The van der Waals surface area contributed by atoms with Crippen molar-refractivity contribution < 1.29 is 9.59 Å². The Labute approximate surface area is 159 Å². The monoisotopic (exact) mass is 360 g/mol. The van der Waals surface area contributed by atoms with Crippen molar-refractivity contribution in [2.75, 3.05) is 0 Å². The molecule has 0 aromatic heterocycles. The Morgan fingerprint density at radius 1 is 1.00 bits per heavy atom. The van der Waals surface area contributed by atoms with E-state index >= 15 is 0 Å². The molecule has 3 rings (SSSR count). The zero-order valence-corrected chi connectivity index (χ0v) is 15.9. The van der Waals surface area contributed by atoms with Gasteiger partial charge in [0.2, 0.25) is 12.2 Å². The molecular weight excluding hydrogens is 336 g/mol. The largest absolute Gasteiger partial charge is 0.240 e. The summed E-state index contributed by atoms with van der Waals surface area (Å²) in [6, 6.07) is 10.3. The van der Waals surface area contributed by atoms with Crippen LogP contribution in [0.2, 0.25) is 0 Å². The first kappa shape index (κ1) is 19.0. The lowest BCUT2D eigenvalue weighted by Gasteiger charge is -2.32. The Bertz CT molecular complexity index is 979. The predicted octanol–water partition coefficient (Wildman–Crippen LogP) is 5.59. The molecule has 4 nitrogen and oxygen atoms in total. The van der Waals surface area contributed by atoms with Crippen LogP contribution in [-0.2, 0) is 21.5 Å². The van der Waals surface area contributed by atoms with E-state index < -0.39 is 5.54 Å². The second-order valence-electron chi connectivity index (χ2n) is 7.07. The maximum atomic E-state index is 11.3. The summed E-state index contributed by atoms with van der Waals surface area (Å²) in [7, 11) is 0. The van der Waals surface area contributed by atoms with E-state index in [2.05, 4.69) is 42.0 Å². The lowest BCUT2D eigenvalue weighted by Crippen LogP contribution is -2.25. The molecule has 0 radical (unpaired) electrons. The molecule has 1 aliphatic rings. The molecule has 1 atom stereocenters. The number of isocyanates is 2. The molecule has 2 aromatic rings. The molecule has 0 fully saturated rings. The van der Waals surface area contributed by atoms with Crippen LogP contribution in [0.5, 0.6) is 0 Å². The molecule has 1 unspecified atom stereocenters. The summed E-state index contributed by atoms with van der Waals surface area (Å²) in [6.45, 7) is 4.26. The van der Waals surface area contributed by atoms with Gasteiger partial charge in [0.15, 0.2) is 0 Å². The third-order valence-corrected chi connectivity index (χ3v) is 5.35. The van der Waals surface area contributed by atoms with Crippen molar-refractivity contribution >= 4 is 28.6 Å². The fraction of sp³-hybridized carbons (Fsp3) is 0.391. The van der Waals surface area contributed by atoms with Gasteiger partial charge in [-0.25, -0.2) is 9.59 Å². The van der Waals surface area contributed by atoms with E-state index in [0.717, 1.165) is 54.0 Å². The lowest BCUT2D eigenvalue weighted by molar-refractivity contribution is 0.480. The molecular formula is C23H24N2O2. The van der Waals surface area contributed by atoms with Gasteiger partial charge in [-0.05, 0) is 47.2 Å². The fourth-order valence-corrected chi connectivity index (χ4v) is 4.05. The summed E-state index contributed by atoms with van der Waals surface area (Å²) in [5.74, 6) is 0. The third-order valence-electron chi connectivity index (χ3n) is 5.35. The third kappa shape index (κ3) is 3.42. The van der Waals surface area contributed by atoms with Gasteiger partial charge in [0.05, 0.1) is 5.70 Å². The number of rotatable bonds is 8. The first-order valence-corrected chi connectivity index (χ1v) is 9.66. The van der Waals surface area contributed by atoms with Gasteiger partial charge in [-0.1, -0.05) is 63.4 Å². The molecule has 0 spiro atoms. The summed E-state index contributed by atoms with van der Waals surface area (Å²) in [6.07, 6.45) is 11.0. The number of carbonyl (C=O) groups excluding carboxylic acids is 2. The number of hydrogen-bond acceptors (Lipinski definition) is 4. The molecule has 0 amide bonds. The molecule has 0 N–H and O–H groups in total. The molecule has 138 valence electrons. The molecule has 1 aliphatic carbocycles. The van der Waals surface area contributed by atoms with Crippen LogP contribution in [0, 0.1) is 0 Å². The normalized spacial score (nSPS) is 17.8. The second kappa shape index (κ2) is 8.26. The minimum absolute atomic E-state index is 0.565. The van der Waals surface area contributed by atoms with E-state index in [0.29, 0.717) is 12.1 Å². The number of hydrogen-bond donors (Lipinski definition) is 0. The van der Waals surface area contributed by atoms with Crippen molar-refractivity contribution in [3.63, 3.8) is 0 Å². The van der Waals surface area contributed by atoms with Crippen molar-refractivity contribution in [2.45, 2.75) is 57.9 Å². The van der Waals surface area contributed by atoms with Crippen LogP contribution in [-0.4, -0.2) is 12.2 Å². The van der Waals surface area contributed by atoms with Crippen molar-refractivity contribution in [1.82, 2.24) is 0 Å². The van der Waals surface area contributed by atoms with E-state index in [1.807, 2.05) is 18.2 Å². The Kier molecular flexibility index (Phi) is 5.81. The van der Waals surface area contributed by atoms with Crippen LogP contribution in [0.3, 0.4) is 0 Å². The number of unbranched alkanes of at least 4 members (excludes halogenated alkanes) is 2. The zero-order chi connectivity index (χ0) is 19.3. The van der Waals surface area contributed by atoms with Gasteiger partial charge < -0.3 is 0 Å². The first-order valence-electron chi connectivity index (χ1n) is 9.66. The number of aliphatic imine (C=N–C) groups is 2. The highest BCUT2D eigenvalue weighted by Crippen LogP contribution is 2.47. The Morgan fingerprint density at radius 3 is 2.52 bits per heavy atom. The van der Waals surface area contributed by atoms with Crippen LogP contribution in [0.15, 0.2) is 46.4 Å². The summed E-state index contributed by atoms with van der Waals surface area (Å²) < 4.78 is 0. The van der Waals surface area contributed by atoms with Gasteiger partial charge in [0, 0.05) is 5.56 Å². The lowest BCUT2D eigenvalue weighted by atomic mass is 9.75. The summed E-state index contributed by atoms with van der Waals surface area (Å²) in [5, 5.41) is 2.11. The maximum Gasteiger partial charge on any atom is 0.240 e. The van der Waals surface area contributed by atoms with Gasteiger partial charge in [-0.2, -0.15) is 9.98 Å². The zero-order valence-electron chi connectivity index (χ0n) is 15.9. The molecule has 4 heteroatoms. The summed E-state index contributed by atoms with van der Waals surface area (Å²) in [5.41, 5.74) is 2.88. The standard InChI is InChI=1S/C23H24N2O2/c1-3-5-8-18-12-11-17-9-7-10-19-21(17)22(18)20(24-15-26)14-23(19,25-16-27)13-6-4-2/h7,9-12,14H,3-6,8,13H2,1-2H3. The summed E-state index contributed by atoms with van der Waals surface area (Å²) >= 11 is 0. The summed E-state index contributed by atoms with van der Waals surface area (Å²) in [4.78, 5) is 30.7. The topological polar surface area (TPSA) is 58.9 Å². The Hall–Kier alpha value is -2.80. The van der Waals surface area contributed by atoms with Gasteiger partial charge in [-0.15, -0.1) is 0 Å². The minimum atomic E-state index is -0.830. The minimum Gasteiger partial charge on any atom is -0.211 e. The van der Waals surface area contributed by atoms with Crippen LogP contribution < -0.4 is 0 Å². The number of aryl methyl sites for hydroxylation is 1. The second-order valence-corrected chi connectivity index (χ2v) is 7.07. The van der Waals surface area contributed by atoms with Gasteiger partial charge in [0.1, 0.15) is 5.54 Å². The highest BCUT2D eigenvalue weighted by molar-refractivity contribution is 6.01. The highest BCUT2D eigenvalue weighted by Gasteiger charge is 2.36. The van der Waals surface area contributed by atoms with E-state index in [4.69, 9.17) is 0 Å². The van der Waals surface area contributed by atoms with E-state index in [-0.39, 0.29) is 0 Å². The Morgan fingerprint density at radius 2 is 1.81 bits per heavy atom. The number of benzene rings is 2. The van der Waals surface area contributed by atoms with Crippen LogP contribution in [0.25, 0.3) is 16.5 Å². The van der Waals surface area contributed by atoms with Crippen molar-refractivity contribution in [3.8, 4) is 0 Å². The van der Waals surface area contributed by atoms with Crippen LogP contribution >= 0.6 is 0 Å². The molecule has 0 bridgehead atoms. The van der Waals surface area contributed by atoms with Crippen LogP contribution in [0.4, 0.5) is 0 Å². The van der Waals surface area contributed by atoms with Crippen molar-refractivity contribution in [1.29, 1.82) is 0 Å².